The molecule has 40 valence electrons. The third kappa shape index (κ3) is 1.74. The highest BCUT2D eigenvalue weighted by molar-refractivity contribution is 9.23. The van der Waals surface area contributed by atoms with Gasteiger partial charge in [0.05, 0.1) is 10.7 Å². The average Bonchev–Trinajstić information content (AvgIpc) is 1.87. The number of aliphatic imine (C=N–C) groups is 1. The molecule has 0 fully saturated rings. The number of hydrogen-bond acceptors (Lipinski definition) is 2. The molecule has 1 nitrogen and oxygen atoms in total. The minimum absolute atomic E-state index is 0.502. The lowest BCUT2D eigenvalue weighted by atomic mass is 10.8. The van der Waals surface area contributed by atoms with Crippen molar-refractivity contribution in [1.29, 1.82) is 0 Å². The SMILES string of the molecule is BrC1=NCC(Br)S1. The van der Waals surface area contributed by atoms with Crippen molar-refractivity contribution in [3.05, 3.63) is 0 Å². The largest absolute Gasteiger partial charge is 0.269 e. The Bertz CT molecular complexity index is 103. The predicted octanol–water partition coefficient (Wildman–Crippen LogP) is 2.21. The maximum Gasteiger partial charge on any atom is 0.135 e. The van der Waals surface area contributed by atoms with Crippen LogP contribution in [-0.4, -0.2) is 14.7 Å². The van der Waals surface area contributed by atoms with Gasteiger partial charge in [-0.3, -0.25) is 4.99 Å². The van der Waals surface area contributed by atoms with Crippen molar-refractivity contribution in [2.45, 2.75) is 4.16 Å². The summed E-state index contributed by atoms with van der Waals surface area (Å²) in [6.07, 6.45) is 0. The number of alkyl halides is 1. The van der Waals surface area contributed by atoms with Crippen molar-refractivity contribution in [3.8, 4) is 0 Å². The molecule has 0 aromatic rings. The maximum atomic E-state index is 4.07. The number of thioether (sulfide) groups is 1. The van der Waals surface area contributed by atoms with Crippen LogP contribution < -0.4 is 0 Å². The van der Waals surface area contributed by atoms with Gasteiger partial charge in [-0.2, -0.15) is 0 Å². The highest BCUT2D eigenvalue weighted by Gasteiger charge is 2.12. The van der Waals surface area contributed by atoms with Crippen molar-refractivity contribution in [2.24, 2.45) is 4.99 Å². The Kier molecular flexibility index (Phi) is 2.19. The summed E-state index contributed by atoms with van der Waals surface area (Å²) >= 11 is 8.36. The van der Waals surface area contributed by atoms with Crippen LogP contribution in [0.2, 0.25) is 0 Å². The van der Waals surface area contributed by atoms with E-state index < -0.39 is 0 Å². The molecule has 4 heteroatoms. The smallest absolute Gasteiger partial charge is 0.135 e. The van der Waals surface area contributed by atoms with E-state index in [1.54, 1.807) is 11.8 Å². The summed E-state index contributed by atoms with van der Waals surface area (Å²) in [5.41, 5.74) is 0. The monoisotopic (exact) mass is 243 g/mol. The van der Waals surface area contributed by atoms with Crippen LogP contribution >= 0.6 is 43.6 Å². The van der Waals surface area contributed by atoms with Crippen LogP contribution in [0.4, 0.5) is 0 Å². The summed E-state index contributed by atoms with van der Waals surface area (Å²) in [5, 5.41) is 0. The Morgan fingerprint density at radius 3 is 2.71 bits per heavy atom. The van der Waals surface area contributed by atoms with E-state index in [2.05, 4.69) is 36.9 Å². The van der Waals surface area contributed by atoms with E-state index in [0.29, 0.717) is 4.16 Å². The summed E-state index contributed by atoms with van der Waals surface area (Å²) in [4.78, 5) is 4.07. The Morgan fingerprint density at radius 2 is 2.57 bits per heavy atom. The van der Waals surface area contributed by atoms with Gasteiger partial charge in [-0.05, 0) is 15.9 Å². The van der Waals surface area contributed by atoms with Gasteiger partial charge in [-0.25, -0.2) is 0 Å². The summed E-state index contributed by atoms with van der Waals surface area (Å²) in [7, 11) is 0. The van der Waals surface area contributed by atoms with Gasteiger partial charge in [-0.15, -0.1) is 0 Å². The standard InChI is InChI=1S/C3H3Br2NS/c4-2-1-6-3(5)7-2/h2H,1H2. The van der Waals surface area contributed by atoms with Gasteiger partial charge in [0.1, 0.15) is 3.95 Å². The first kappa shape index (κ1) is 6.11. The van der Waals surface area contributed by atoms with Gasteiger partial charge in [0, 0.05) is 0 Å². The Morgan fingerprint density at radius 1 is 1.86 bits per heavy atom. The minimum atomic E-state index is 0.502. The molecule has 1 unspecified atom stereocenters. The average molecular weight is 245 g/mol. The molecular weight excluding hydrogens is 242 g/mol. The highest BCUT2D eigenvalue weighted by atomic mass is 79.9. The zero-order valence-electron chi connectivity index (χ0n) is 3.40. The fourth-order valence-electron chi connectivity index (χ4n) is 0.324. The van der Waals surface area contributed by atoms with E-state index in [1.807, 2.05) is 0 Å². The Hall–Kier alpha value is 0.980. The molecule has 1 atom stereocenters. The van der Waals surface area contributed by atoms with Crippen LogP contribution in [0, 0.1) is 0 Å². The van der Waals surface area contributed by atoms with Gasteiger partial charge < -0.3 is 0 Å². The first-order valence-electron chi connectivity index (χ1n) is 1.80. The quantitative estimate of drug-likeness (QED) is 0.596. The van der Waals surface area contributed by atoms with Crippen LogP contribution in [-0.2, 0) is 0 Å². The molecule has 1 aliphatic rings. The van der Waals surface area contributed by atoms with E-state index in [4.69, 9.17) is 0 Å². The molecule has 0 aliphatic carbocycles. The zero-order chi connectivity index (χ0) is 5.28. The minimum Gasteiger partial charge on any atom is -0.269 e. The second-order valence-electron chi connectivity index (χ2n) is 1.12. The maximum absolute atomic E-state index is 4.07. The van der Waals surface area contributed by atoms with Crippen LogP contribution in [0.5, 0.6) is 0 Å². The Labute approximate surface area is 63.2 Å². The molecule has 0 aromatic carbocycles. The van der Waals surface area contributed by atoms with Gasteiger partial charge in [0.25, 0.3) is 0 Å². The normalized spacial score (nSPS) is 30.6. The molecule has 0 saturated heterocycles. The summed E-state index contributed by atoms with van der Waals surface area (Å²) in [5.74, 6) is 0. The topological polar surface area (TPSA) is 12.4 Å². The number of hydrogen-bond donors (Lipinski definition) is 0. The molecule has 0 aromatic heterocycles. The first-order valence-corrected chi connectivity index (χ1v) is 4.38. The van der Waals surface area contributed by atoms with Gasteiger partial charge >= 0.3 is 0 Å². The molecule has 7 heavy (non-hydrogen) atoms. The molecule has 0 saturated carbocycles. The predicted molar refractivity (Wildman–Crippen MR) is 41.5 cm³/mol. The molecule has 1 heterocycles. The number of rotatable bonds is 0. The molecule has 1 aliphatic heterocycles. The molecule has 1 rings (SSSR count). The Balaban J connectivity index is 2.42. The molecule has 0 N–H and O–H groups in total. The second-order valence-corrected chi connectivity index (χ2v) is 5.30. The molecular formula is C3H3Br2NS. The summed E-state index contributed by atoms with van der Waals surface area (Å²) < 4.78 is 1.51. The van der Waals surface area contributed by atoms with Crippen LogP contribution in [0.3, 0.4) is 0 Å². The van der Waals surface area contributed by atoms with Gasteiger partial charge in [-0.1, -0.05) is 27.7 Å². The van der Waals surface area contributed by atoms with E-state index >= 15 is 0 Å². The molecule has 0 amide bonds. The van der Waals surface area contributed by atoms with Crippen molar-refractivity contribution in [2.75, 3.05) is 6.54 Å². The fraction of sp³-hybridized carbons (Fsp3) is 0.667. The van der Waals surface area contributed by atoms with E-state index in [-0.39, 0.29) is 0 Å². The lowest BCUT2D eigenvalue weighted by molar-refractivity contribution is 1.15. The van der Waals surface area contributed by atoms with Crippen molar-refractivity contribution in [1.82, 2.24) is 0 Å². The highest BCUT2D eigenvalue weighted by Crippen LogP contribution is 2.28. The third-order valence-electron chi connectivity index (χ3n) is 0.584. The zero-order valence-corrected chi connectivity index (χ0v) is 7.38. The fourth-order valence-corrected chi connectivity index (χ4v) is 3.08. The second kappa shape index (κ2) is 2.51. The van der Waals surface area contributed by atoms with Crippen molar-refractivity contribution < 1.29 is 0 Å². The van der Waals surface area contributed by atoms with Crippen LogP contribution in [0.1, 0.15) is 0 Å². The van der Waals surface area contributed by atoms with E-state index in [0.717, 1.165) is 10.5 Å². The summed E-state index contributed by atoms with van der Waals surface area (Å²) in [6, 6.07) is 0. The van der Waals surface area contributed by atoms with Gasteiger partial charge in [0.15, 0.2) is 0 Å². The summed E-state index contributed by atoms with van der Waals surface area (Å²) in [6.45, 7) is 0.894. The van der Waals surface area contributed by atoms with Crippen molar-refractivity contribution >= 4 is 47.6 Å². The van der Waals surface area contributed by atoms with Crippen molar-refractivity contribution in [3.63, 3.8) is 0 Å². The molecule has 0 spiro atoms. The lowest BCUT2D eigenvalue weighted by Gasteiger charge is -1.88. The van der Waals surface area contributed by atoms with Gasteiger partial charge in [0.2, 0.25) is 0 Å². The number of nitrogens with zero attached hydrogens (tertiary/aromatic N) is 1. The number of halogens is 2. The first-order chi connectivity index (χ1) is 3.29. The van der Waals surface area contributed by atoms with Crippen LogP contribution in [0.25, 0.3) is 0 Å². The lowest BCUT2D eigenvalue weighted by Crippen LogP contribution is -1.86. The third-order valence-corrected chi connectivity index (χ3v) is 2.97. The molecule has 0 radical (unpaired) electrons. The van der Waals surface area contributed by atoms with Crippen LogP contribution in [0.15, 0.2) is 4.99 Å². The van der Waals surface area contributed by atoms with E-state index in [9.17, 15) is 0 Å². The van der Waals surface area contributed by atoms with E-state index in [1.165, 1.54) is 0 Å². The molecule has 0 bridgehead atoms.